The lowest BCUT2D eigenvalue weighted by molar-refractivity contribution is -0.898. The first-order valence-corrected chi connectivity index (χ1v) is 10.3. The Labute approximate surface area is 148 Å². The average molecular weight is 347 g/mol. The molecule has 1 amide bonds. The van der Waals surface area contributed by atoms with Crippen LogP contribution in [-0.2, 0) is 17.6 Å². The van der Waals surface area contributed by atoms with Crippen molar-refractivity contribution in [3.8, 4) is 6.07 Å². The standard InChI is InChI=1S/C19H27N3OS/c20-14-16-15-8-4-3-5-9-17(15)24-19(16)21-18(23)10-13-22-11-6-1-2-7-12-22/h1-13H2,(H,21,23)/p+1. The Hall–Kier alpha value is -1.38. The van der Waals surface area contributed by atoms with Crippen LogP contribution in [-0.4, -0.2) is 25.5 Å². The van der Waals surface area contributed by atoms with E-state index in [0.717, 1.165) is 36.4 Å². The van der Waals surface area contributed by atoms with Gasteiger partial charge in [0.05, 0.1) is 31.6 Å². The first-order chi connectivity index (χ1) is 11.8. The number of nitrogens with zero attached hydrogens (tertiary/aromatic N) is 1. The minimum Gasteiger partial charge on any atom is -0.335 e. The zero-order valence-electron chi connectivity index (χ0n) is 14.5. The predicted octanol–water partition coefficient (Wildman–Crippen LogP) is 2.68. The van der Waals surface area contributed by atoms with Gasteiger partial charge in [-0.1, -0.05) is 6.42 Å². The summed E-state index contributed by atoms with van der Waals surface area (Å²) >= 11 is 1.63. The Bertz CT molecular complexity index is 609. The van der Waals surface area contributed by atoms with Crippen LogP contribution in [0.1, 0.15) is 67.4 Å². The molecule has 2 heterocycles. The van der Waals surface area contributed by atoms with Crippen LogP contribution < -0.4 is 10.2 Å². The number of likely N-dealkylation sites (tertiary alicyclic amines) is 1. The normalized spacial score (nSPS) is 19.0. The summed E-state index contributed by atoms with van der Waals surface area (Å²) in [6.45, 7) is 3.31. The monoisotopic (exact) mass is 346 g/mol. The number of hydrogen-bond acceptors (Lipinski definition) is 3. The number of rotatable bonds is 4. The fourth-order valence-electron chi connectivity index (χ4n) is 3.91. The van der Waals surface area contributed by atoms with Crippen molar-refractivity contribution < 1.29 is 9.69 Å². The lowest BCUT2D eigenvalue weighted by atomic mass is 10.1. The molecule has 1 aliphatic carbocycles. The first kappa shape index (κ1) is 17.4. The number of nitriles is 1. The van der Waals surface area contributed by atoms with Crippen molar-refractivity contribution in [3.05, 3.63) is 16.0 Å². The van der Waals surface area contributed by atoms with E-state index in [4.69, 9.17) is 0 Å². The number of carbonyl (C=O) groups is 1. The minimum atomic E-state index is 0.0691. The second-order valence-corrected chi connectivity index (χ2v) is 8.20. The van der Waals surface area contributed by atoms with E-state index < -0.39 is 0 Å². The van der Waals surface area contributed by atoms with Gasteiger partial charge in [-0.15, -0.1) is 11.3 Å². The van der Waals surface area contributed by atoms with E-state index >= 15 is 0 Å². The lowest BCUT2D eigenvalue weighted by Crippen LogP contribution is -3.12. The number of carbonyl (C=O) groups excluding carboxylic acids is 1. The summed E-state index contributed by atoms with van der Waals surface area (Å²) in [5, 5.41) is 13.4. The van der Waals surface area contributed by atoms with E-state index in [-0.39, 0.29) is 5.91 Å². The maximum absolute atomic E-state index is 12.4. The molecule has 2 N–H and O–H groups in total. The molecule has 4 nitrogen and oxygen atoms in total. The molecule has 0 spiro atoms. The van der Waals surface area contributed by atoms with Crippen molar-refractivity contribution in [2.75, 3.05) is 25.0 Å². The highest BCUT2D eigenvalue weighted by Crippen LogP contribution is 2.36. The Balaban J connectivity index is 1.59. The maximum Gasteiger partial charge on any atom is 0.230 e. The molecule has 0 unspecified atom stereocenters. The average Bonchev–Trinajstić information content (AvgIpc) is 2.81. The van der Waals surface area contributed by atoms with Crippen molar-refractivity contribution in [3.63, 3.8) is 0 Å². The molecule has 130 valence electrons. The number of quaternary nitrogens is 1. The van der Waals surface area contributed by atoms with Gasteiger partial charge in [0.2, 0.25) is 5.91 Å². The third kappa shape index (κ3) is 4.37. The summed E-state index contributed by atoms with van der Waals surface area (Å²) in [6.07, 6.45) is 11.4. The molecule has 0 atom stereocenters. The topological polar surface area (TPSA) is 57.3 Å². The Morgan fingerprint density at radius 3 is 2.54 bits per heavy atom. The molecule has 0 radical (unpaired) electrons. The molecule has 1 aromatic rings. The smallest absolute Gasteiger partial charge is 0.230 e. The second-order valence-electron chi connectivity index (χ2n) is 7.09. The summed E-state index contributed by atoms with van der Waals surface area (Å²) < 4.78 is 0. The van der Waals surface area contributed by atoms with E-state index in [2.05, 4.69) is 11.4 Å². The SMILES string of the molecule is N#Cc1c(NC(=O)CC[NH+]2CCCCCC2)sc2c1CCCCC2. The molecule has 1 saturated heterocycles. The fourth-order valence-corrected chi connectivity index (χ4v) is 5.16. The first-order valence-electron chi connectivity index (χ1n) is 9.46. The molecular weight excluding hydrogens is 318 g/mol. The lowest BCUT2D eigenvalue weighted by Gasteiger charge is -2.16. The minimum absolute atomic E-state index is 0.0691. The molecule has 1 aliphatic heterocycles. The third-order valence-electron chi connectivity index (χ3n) is 5.30. The largest absolute Gasteiger partial charge is 0.335 e. The summed E-state index contributed by atoms with van der Waals surface area (Å²) in [7, 11) is 0. The summed E-state index contributed by atoms with van der Waals surface area (Å²) in [5.41, 5.74) is 1.93. The van der Waals surface area contributed by atoms with Crippen LogP contribution in [0.2, 0.25) is 0 Å². The number of aryl methyl sites for hydroxylation is 1. The van der Waals surface area contributed by atoms with Crippen LogP contribution in [0.15, 0.2) is 0 Å². The molecule has 1 aromatic heterocycles. The van der Waals surface area contributed by atoms with Gasteiger partial charge in [0.1, 0.15) is 11.1 Å². The number of fused-ring (bicyclic) bond motifs is 1. The zero-order valence-corrected chi connectivity index (χ0v) is 15.3. The van der Waals surface area contributed by atoms with Crippen LogP contribution in [0.3, 0.4) is 0 Å². The Morgan fingerprint density at radius 2 is 1.79 bits per heavy atom. The number of amides is 1. The van der Waals surface area contributed by atoms with Gasteiger partial charge in [0, 0.05) is 4.88 Å². The van der Waals surface area contributed by atoms with E-state index in [9.17, 15) is 10.1 Å². The molecular formula is C19H28N3OS+. The maximum atomic E-state index is 12.4. The molecule has 24 heavy (non-hydrogen) atoms. The number of anilines is 1. The van der Waals surface area contributed by atoms with Crippen LogP contribution in [0.25, 0.3) is 0 Å². The van der Waals surface area contributed by atoms with Gasteiger partial charge in [0.25, 0.3) is 0 Å². The predicted molar refractivity (Wildman–Crippen MR) is 97.6 cm³/mol. The highest BCUT2D eigenvalue weighted by atomic mass is 32.1. The van der Waals surface area contributed by atoms with Crippen molar-refractivity contribution in [2.45, 2.75) is 64.2 Å². The van der Waals surface area contributed by atoms with E-state index in [0.29, 0.717) is 6.42 Å². The highest BCUT2D eigenvalue weighted by molar-refractivity contribution is 7.16. The molecule has 3 rings (SSSR count). The summed E-state index contributed by atoms with van der Waals surface area (Å²) in [5.74, 6) is 0.0691. The van der Waals surface area contributed by atoms with E-state index in [1.807, 2.05) is 0 Å². The van der Waals surface area contributed by atoms with Gasteiger partial charge >= 0.3 is 0 Å². The zero-order chi connectivity index (χ0) is 16.8. The highest BCUT2D eigenvalue weighted by Gasteiger charge is 2.21. The number of thiophene rings is 1. The molecule has 1 fully saturated rings. The summed E-state index contributed by atoms with van der Waals surface area (Å²) in [4.78, 5) is 15.2. The second kappa shape index (κ2) is 8.64. The van der Waals surface area contributed by atoms with Crippen molar-refractivity contribution in [1.82, 2.24) is 0 Å². The molecule has 0 aromatic carbocycles. The van der Waals surface area contributed by atoms with Crippen LogP contribution in [0.5, 0.6) is 0 Å². The molecule has 2 aliphatic rings. The van der Waals surface area contributed by atoms with Crippen LogP contribution in [0.4, 0.5) is 5.00 Å². The third-order valence-corrected chi connectivity index (χ3v) is 6.51. The van der Waals surface area contributed by atoms with Crippen molar-refractivity contribution in [2.24, 2.45) is 0 Å². The van der Waals surface area contributed by atoms with Crippen molar-refractivity contribution >= 4 is 22.2 Å². The molecule has 5 heteroatoms. The number of nitrogens with one attached hydrogen (secondary N) is 2. The number of hydrogen-bond donors (Lipinski definition) is 2. The van der Waals surface area contributed by atoms with Gasteiger partial charge in [-0.2, -0.15) is 5.26 Å². The quantitative estimate of drug-likeness (QED) is 0.824. The van der Waals surface area contributed by atoms with Gasteiger partial charge in [0.15, 0.2) is 0 Å². The van der Waals surface area contributed by atoms with Gasteiger partial charge in [-0.3, -0.25) is 4.79 Å². The van der Waals surface area contributed by atoms with Crippen LogP contribution in [0, 0.1) is 11.3 Å². The summed E-state index contributed by atoms with van der Waals surface area (Å²) in [6, 6.07) is 2.34. The van der Waals surface area contributed by atoms with Gasteiger partial charge in [-0.05, 0) is 56.9 Å². The van der Waals surface area contributed by atoms with Crippen LogP contribution >= 0.6 is 11.3 Å². The molecule has 0 saturated carbocycles. The molecule has 0 bridgehead atoms. The fraction of sp³-hybridized carbons (Fsp3) is 0.684. The Kier molecular flexibility index (Phi) is 6.28. The Morgan fingerprint density at radius 1 is 1.08 bits per heavy atom. The van der Waals surface area contributed by atoms with Crippen molar-refractivity contribution in [1.29, 1.82) is 5.26 Å². The van der Waals surface area contributed by atoms with E-state index in [1.165, 1.54) is 62.1 Å². The van der Waals surface area contributed by atoms with E-state index in [1.54, 1.807) is 16.2 Å². The van der Waals surface area contributed by atoms with Gasteiger partial charge < -0.3 is 10.2 Å². The van der Waals surface area contributed by atoms with Gasteiger partial charge in [-0.25, -0.2) is 0 Å².